The first-order chi connectivity index (χ1) is 9.33. The second-order valence-electron chi connectivity index (χ2n) is 3.96. The predicted octanol–water partition coefficient (Wildman–Crippen LogP) is 0.482. The standard InChI is InChI=1S/C9H18N2O2.C4H8NO.CH3.Zn/c1-5-8(7(3)12)11-9(13)6(2)10-4;1-4(6)3-5-2;;/h6,8,10H,5H2,1-4H3,(H,11,13);3,5H,1-2H3;1H3;/q;2*-1;+2/i2T;;;. The van der Waals surface area contributed by atoms with Crippen LogP contribution in [0.3, 0.4) is 0 Å². The summed E-state index contributed by atoms with van der Waals surface area (Å²) in [7, 11) is 3.31. The maximum absolute atomic E-state index is 11.4. The molecule has 0 aromatic heterocycles. The fourth-order valence-corrected chi connectivity index (χ4v) is 1.10. The molecule has 0 heterocycles. The Morgan fingerprint density at radius 3 is 1.95 bits per heavy atom. The summed E-state index contributed by atoms with van der Waals surface area (Å²) in [5, 5.41) is 7.90. The van der Waals surface area contributed by atoms with E-state index in [-0.39, 0.29) is 51.3 Å². The van der Waals surface area contributed by atoms with Crippen molar-refractivity contribution in [3.8, 4) is 0 Å². The first-order valence-electron chi connectivity index (χ1n) is 6.83. The zero-order valence-corrected chi connectivity index (χ0v) is 17.0. The number of Topliss-reactive ketones (excluding diaryl/α,β-unsaturated/α-hetero) is 2. The molecule has 0 bridgehead atoms. The number of amides is 1. The molecule has 0 radical (unpaired) electrons. The summed E-state index contributed by atoms with van der Waals surface area (Å²) in [6.07, 6.45) is 0.579. The van der Waals surface area contributed by atoms with Crippen molar-refractivity contribution in [3.63, 3.8) is 0 Å². The molecule has 6 nitrogen and oxygen atoms in total. The van der Waals surface area contributed by atoms with Crippen LogP contribution in [0, 0.1) is 14.0 Å². The van der Waals surface area contributed by atoms with Crippen LogP contribution < -0.4 is 16.0 Å². The Bertz CT molecular complexity index is 314. The van der Waals surface area contributed by atoms with Crippen molar-refractivity contribution in [1.29, 1.82) is 0 Å². The largest absolute Gasteiger partial charge is 2.00 e. The topological polar surface area (TPSA) is 87.3 Å². The SMILES string of the molecule is CN[CH-]C(C)=O.[3H]CC(NC)C(=O)NC(CC)C(C)=O.[CH3-].[Zn+2]. The van der Waals surface area contributed by atoms with Gasteiger partial charge in [0.05, 0.1) is 12.1 Å². The first kappa shape index (κ1) is 25.2. The fraction of sp³-hybridized carbons (Fsp3) is 0.643. The molecular formula is C14H29N3O3Zn. The third-order valence-electron chi connectivity index (χ3n) is 2.23. The van der Waals surface area contributed by atoms with E-state index in [0.717, 1.165) is 0 Å². The average Bonchev–Trinajstić information content (AvgIpc) is 2.37. The van der Waals surface area contributed by atoms with E-state index in [1.54, 1.807) is 14.1 Å². The van der Waals surface area contributed by atoms with E-state index in [2.05, 4.69) is 16.0 Å². The van der Waals surface area contributed by atoms with Gasteiger partial charge >= 0.3 is 19.5 Å². The number of nitrogens with one attached hydrogen (secondary N) is 3. The van der Waals surface area contributed by atoms with E-state index in [1.807, 2.05) is 6.92 Å². The summed E-state index contributed by atoms with van der Waals surface area (Å²) >= 11 is 0. The smallest absolute Gasteiger partial charge is 0.450 e. The molecule has 0 saturated heterocycles. The van der Waals surface area contributed by atoms with Gasteiger partial charge < -0.3 is 28.2 Å². The number of likely N-dealkylation sites (N-methyl/N-ethyl adjacent to an activating group) is 2. The molecule has 2 unspecified atom stereocenters. The minimum Gasteiger partial charge on any atom is -0.450 e. The zero-order chi connectivity index (χ0) is 16.1. The molecule has 0 aliphatic carbocycles. The van der Waals surface area contributed by atoms with Gasteiger partial charge in [0.1, 0.15) is 0 Å². The van der Waals surface area contributed by atoms with Gasteiger partial charge in [-0.2, -0.15) is 0 Å². The molecule has 3 N–H and O–H groups in total. The van der Waals surface area contributed by atoms with Crippen LogP contribution >= 0.6 is 0 Å². The van der Waals surface area contributed by atoms with Crippen LogP contribution in [0.5, 0.6) is 0 Å². The van der Waals surface area contributed by atoms with Crippen LogP contribution in [-0.4, -0.2) is 43.7 Å². The van der Waals surface area contributed by atoms with E-state index in [9.17, 15) is 14.4 Å². The van der Waals surface area contributed by atoms with Crippen molar-refractivity contribution in [2.24, 2.45) is 0 Å². The van der Waals surface area contributed by atoms with Gasteiger partial charge in [0.15, 0.2) is 5.78 Å². The van der Waals surface area contributed by atoms with Crippen LogP contribution in [0.1, 0.15) is 35.5 Å². The quantitative estimate of drug-likeness (QED) is 0.457. The third kappa shape index (κ3) is 17.2. The van der Waals surface area contributed by atoms with Crippen molar-refractivity contribution in [2.45, 2.75) is 46.2 Å². The summed E-state index contributed by atoms with van der Waals surface area (Å²) < 4.78 is 7.09. The molecule has 0 aliphatic heterocycles. The molecule has 21 heavy (non-hydrogen) atoms. The molecule has 0 aromatic rings. The molecule has 0 aromatic carbocycles. The molecular weight excluding hydrogens is 324 g/mol. The molecule has 2 atom stereocenters. The van der Waals surface area contributed by atoms with Crippen molar-refractivity contribution in [3.05, 3.63) is 14.0 Å². The molecule has 0 aliphatic rings. The average molecular weight is 355 g/mol. The van der Waals surface area contributed by atoms with Gasteiger partial charge in [0, 0.05) is 7.15 Å². The maximum Gasteiger partial charge on any atom is 2.00 e. The molecule has 0 rings (SSSR count). The van der Waals surface area contributed by atoms with Crippen molar-refractivity contribution >= 4 is 17.5 Å². The maximum atomic E-state index is 11.4. The molecule has 0 spiro atoms. The van der Waals surface area contributed by atoms with Gasteiger partial charge in [0.25, 0.3) is 0 Å². The summed E-state index contributed by atoms with van der Waals surface area (Å²) in [5.74, 6) is -0.289. The summed E-state index contributed by atoms with van der Waals surface area (Å²) in [4.78, 5) is 32.4. The van der Waals surface area contributed by atoms with Crippen molar-refractivity contribution in [1.82, 2.24) is 16.0 Å². The van der Waals surface area contributed by atoms with Crippen LogP contribution in [0.2, 0.25) is 0 Å². The second-order valence-corrected chi connectivity index (χ2v) is 3.96. The van der Waals surface area contributed by atoms with Crippen LogP contribution in [0.25, 0.3) is 0 Å². The van der Waals surface area contributed by atoms with Crippen LogP contribution in [0.4, 0.5) is 0 Å². The van der Waals surface area contributed by atoms with Crippen LogP contribution in [-0.2, 0) is 33.9 Å². The van der Waals surface area contributed by atoms with Crippen molar-refractivity contribution in [2.75, 3.05) is 14.1 Å². The number of hydrogen-bond acceptors (Lipinski definition) is 5. The van der Waals surface area contributed by atoms with Gasteiger partial charge in [-0.05, 0) is 41.3 Å². The molecule has 120 valence electrons. The second kappa shape index (κ2) is 17.3. The minimum atomic E-state index is -0.539. The normalized spacial score (nSPS) is 12.0. The van der Waals surface area contributed by atoms with E-state index in [4.69, 9.17) is 1.37 Å². The Kier molecular flexibility index (Phi) is 20.7. The van der Waals surface area contributed by atoms with E-state index >= 15 is 0 Å². The Balaban J connectivity index is -0.000000174. The Morgan fingerprint density at radius 1 is 1.24 bits per heavy atom. The Morgan fingerprint density at radius 2 is 1.76 bits per heavy atom. The fourth-order valence-electron chi connectivity index (χ4n) is 1.10. The number of carbonyl (C=O) groups is 3. The molecule has 0 fully saturated rings. The minimum absolute atomic E-state index is 0. The Labute approximate surface area is 143 Å². The van der Waals surface area contributed by atoms with Gasteiger partial charge in [-0.1, -0.05) is 6.92 Å². The van der Waals surface area contributed by atoms with Gasteiger partial charge in [-0.15, -0.1) is 0 Å². The predicted molar refractivity (Wildman–Crippen MR) is 81.9 cm³/mol. The number of hydrogen-bond donors (Lipinski definition) is 3. The van der Waals surface area contributed by atoms with Crippen molar-refractivity contribution < 1.29 is 35.2 Å². The number of rotatable bonds is 7. The van der Waals surface area contributed by atoms with Gasteiger partial charge in [-0.25, -0.2) is 0 Å². The zero-order valence-electron chi connectivity index (χ0n) is 15.1. The van der Waals surface area contributed by atoms with E-state index in [0.29, 0.717) is 6.42 Å². The summed E-state index contributed by atoms with van der Waals surface area (Å²) in [6, 6.07) is -0.965. The number of carbonyl (C=O) groups excluding carboxylic acids is 3. The monoisotopic (exact) mass is 353 g/mol. The molecule has 1 amide bonds. The van der Waals surface area contributed by atoms with E-state index in [1.165, 1.54) is 20.4 Å². The molecule has 0 saturated carbocycles. The van der Waals surface area contributed by atoms with Crippen LogP contribution in [0.15, 0.2) is 0 Å². The summed E-state index contributed by atoms with van der Waals surface area (Å²) in [5.41, 5.74) is 0. The first-order valence-corrected chi connectivity index (χ1v) is 6.12. The number of ketones is 2. The third-order valence-corrected chi connectivity index (χ3v) is 2.23. The van der Waals surface area contributed by atoms with Gasteiger partial charge in [-0.3, -0.25) is 16.1 Å². The Hall–Kier alpha value is -0.777. The summed E-state index contributed by atoms with van der Waals surface area (Å²) in [6.45, 7) is 6.15. The van der Waals surface area contributed by atoms with Gasteiger partial charge in [0.2, 0.25) is 5.91 Å². The van der Waals surface area contributed by atoms with E-state index < -0.39 is 12.1 Å². The molecule has 7 heteroatoms.